The average molecular weight is 435 g/mol. The third-order valence-corrected chi connectivity index (χ3v) is 5.73. The van der Waals surface area contributed by atoms with Crippen LogP contribution in [0.2, 0.25) is 5.02 Å². The molecular formula is C19H19ClN4O4S. The van der Waals surface area contributed by atoms with E-state index < -0.39 is 10.0 Å². The van der Waals surface area contributed by atoms with E-state index in [0.717, 1.165) is 0 Å². The number of nitrogens with zero attached hydrogens (tertiary/aromatic N) is 2. The molecule has 8 nitrogen and oxygen atoms in total. The first kappa shape index (κ1) is 20.8. The zero-order valence-electron chi connectivity index (χ0n) is 15.8. The summed E-state index contributed by atoms with van der Waals surface area (Å²) in [5.41, 5.74) is 1.26. The number of nitrogens with one attached hydrogen (secondary N) is 2. The fourth-order valence-electron chi connectivity index (χ4n) is 2.61. The van der Waals surface area contributed by atoms with Gasteiger partial charge < -0.3 is 9.84 Å². The van der Waals surface area contributed by atoms with Gasteiger partial charge in [-0.25, -0.2) is 8.42 Å². The van der Waals surface area contributed by atoms with Gasteiger partial charge in [0, 0.05) is 23.6 Å². The molecule has 0 fully saturated rings. The van der Waals surface area contributed by atoms with E-state index in [0.29, 0.717) is 40.1 Å². The molecule has 152 valence electrons. The molecule has 29 heavy (non-hydrogen) atoms. The molecule has 0 aliphatic carbocycles. The number of halogens is 1. The van der Waals surface area contributed by atoms with E-state index in [4.69, 9.17) is 16.1 Å². The van der Waals surface area contributed by atoms with Gasteiger partial charge in [-0.15, -0.1) is 0 Å². The van der Waals surface area contributed by atoms with Gasteiger partial charge in [0.1, 0.15) is 0 Å². The third-order valence-electron chi connectivity index (χ3n) is 3.97. The number of aromatic nitrogens is 2. The largest absolute Gasteiger partial charge is 0.339 e. The maximum absolute atomic E-state index is 12.8. The van der Waals surface area contributed by atoms with Gasteiger partial charge >= 0.3 is 0 Å². The topological polar surface area (TPSA) is 114 Å². The fourth-order valence-corrected chi connectivity index (χ4v) is 4.13. The van der Waals surface area contributed by atoms with Gasteiger partial charge in [-0.05, 0) is 49.7 Å². The van der Waals surface area contributed by atoms with Crippen LogP contribution in [0.1, 0.15) is 23.7 Å². The van der Waals surface area contributed by atoms with Crippen molar-refractivity contribution in [3.63, 3.8) is 0 Å². The highest BCUT2D eigenvalue weighted by molar-refractivity contribution is 7.92. The highest BCUT2D eigenvalue weighted by atomic mass is 35.5. The quantitative estimate of drug-likeness (QED) is 0.585. The van der Waals surface area contributed by atoms with Gasteiger partial charge in [0.05, 0.1) is 10.6 Å². The summed E-state index contributed by atoms with van der Waals surface area (Å²) in [7, 11) is -3.86. The lowest BCUT2D eigenvalue weighted by molar-refractivity contribution is -0.116. The summed E-state index contributed by atoms with van der Waals surface area (Å²) in [4.78, 5) is 16.3. The number of benzene rings is 2. The van der Waals surface area contributed by atoms with Crippen molar-refractivity contribution in [2.75, 3.05) is 10.0 Å². The molecule has 3 rings (SSSR count). The monoisotopic (exact) mass is 434 g/mol. The molecule has 1 heterocycles. The van der Waals surface area contributed by atoms with E-state index in [1.165, 1.54) is 12.1 Å². The molecule has 10 heteroatoms. The van der Waals surface area contributed by atoms with Gasteiger partial charge in [-0.3, -0.25) is 9.52 Å². The molecule has 0 atom stereocenters. The number of rotatable bonds is 7. The second-order valence-electron chi connectivity index (χ2n) is 6.38. The standard InChI is InChI=1S/C19H19ClN4O4S/c1-12-6-7-15(22-18(25)8-9-19-21-13(2)23-28-19)11-17(12)29(26,27)24-16-5-3-4-14(20)10-16/h3-7,10-11,24H,8-9H2,1-2H3,(H,22,25). The Kier molecular flexibility index (Phi) is 6.19. The van der Waals surface area contributed by atoms with Crippen LogP contribution in [-0.4, -0.2) is 24.5 Å². The van der Waals surface area contributed by atoms with Gasteiger partial charge in [-0.1, -0.05) is 28.9 Å². The first-order valence-electron chi connectivity index (χ1n) is 8.71. The summed E-state index contributed by atoms with van der Waals surface area (Å²) in [5, 5.41) is 6.77. The van der Waals surface area contributed by atoms with Gasteiger partial charge in [-0.2, -0.15) is 4.98 Å². The Morgan fingerprint density at radius 1 is 1.14 bits per heavy atom. The van der Waals surface area contributed by atoms with Crippen molar-refractivity contribution in [3.8, 4) is 0 Å². The van der Waals surface area contributed by atoms with Crippen LogP contribution in [-0.2, 0) is 21.2 Å². The summed E-state index contributed by atoms with van der Waals surface area (Å²) in [6.45, 7) is 3.37. The Labute approximate surface area is 173 Å². The number of carbonyl (C=O) groups is 1. The van der Waals surface area contributed by atoms with Crippen molar-refractivity contribution in [1.82, 2.24) is 10.1 Å². The van der Waals surface area contributed by atoms with Crippen molar-refractivity contribution in [2.45, 2.75) is 31.6 Å². The van der Waals surface area contributed by atoms with E-state index >= 15 is 0 Å². The van der Waals surface area contributed by atoms with Crippen LogP contribution in [0.3, 0.4) is 0 Å². The molecule has 1 aromatic heterocycles. The van der Waals surface area contributed by atoms with Crippen LogP contribution in [0.5, 0.6) is 0 Å². The fraction of sp³-hybridized carbons (Fsp3) is 0.211. The van der Waals surface area contributed by atoms with E-state index in [2.05, 4.69) is 20.2 Å². The van der Waals surface area contributed by atoms with Crippen molar-refractivity contribution in [1.29, 1.82) is 0 Å². The van der Waals surface area contributed by atoms with E-state index in [-0.39, 0.29) is 17.2 Å². The Bertz CT molecular complexity index is 1140. The lowest BCUT2D eigenvalue weighted by Gasteiger charge is -2.13. The molecule has 0 aliphatic rings. The second kappa shape index (κ2) is 8.62. The molecule has 2 aromatic carbocycles. The molecule has 1 amide bonds. The van der Waals surface area contributed by atoms with Gasteiger partial charge in [0.2, 0.25) is 11.8 Å². The lowest BCUT2D eigenvalue weighted by atomic mass is 10.2. The van der Waals surface area contributed by atoms with Crippen molar-refractivity contribution in [3.05, 3.63) is 64.8 Å². The minimum absolute atomic E-state index is 0.0581. The van der Waals surface area contributed by atoms with Crippen molar-refractivity contribution in [2.24, 2.45) is 0 Å². The molecule has 0 saturated carbocycles. The van der Waals surface area contributed by atoms with Crippen LogP contribution in [0.4, 0.5) is 11.4 Å². The zero-order chi connectivity index (χ0) is 21.0. The first-order valence-corrected chi connectivity index (χ1v) is 10.6. The molecule has 0 unspecified atom stereocenters. The molecule has 2 N–H and O–H groups in total. The number of sulfonamides is 1. The summed E-state index contributed by atoms with van der Waals surface area (Å²) >= 11 is 5.91. The van der Waals surface area contributed by atoms with Gasteiger partial charge in [0.25, 0.3) is 10.0 Å². The van der Waals surface area contributed by atoms with E-state index in [1.807, 2.05) is 0 Å². The minimum atomic E-state index is -3.86. The smallest absolute Gasteiger partial charge is 0.262 e. The van der Waals surface area contributed by atoms with Crippen LogP contribution in [0.25, 0.3) is 0 Å². The highest BCUT2D eigenvalue weighted by Crippen LogP contribution is 2.24. The minimum Gasteiger partial charge on any atom is -0.339 e. The maximum Gasteiger partial charge on any atom is 0.262 e. The normalized spacial score (nSPS) is 11.3. The van der Waals surface area contributed by atoms with Crippen LogP contribution in [0.15, 0.2) is 51.9 Å². The van der Waals surface area contributed by atoms with Crippen LogP contribution >= 0.6 is 11.6 Å². The number of carbonyl (C=O) groups excluding carboxylic acids is 1. The number of aryl methyl sites for hydroxylation is 3. The number of anilines is 2. The van der Waals surface area contributed by atoms with E-state index in [1.54, 1.807) is 44.2 Å². The second-order valence-corrected chi connectivity index (χ2v) is 8.47. The van der Waals surface area contributed by atoms with E-state index in [9.17, 15) is 13.2 Å². The molecular weight excluding hydrogens is 416 g/mol. The third kappa shape index (κ3) is 5.55. The molecule has 0 saturated heterocycles. The summed E-state index contributed by atoms with van der Waals surface area (Å²) in [5.74, 6) is 0.576. The summed E-state index contributed by atoms with van der Waals surface area (Å²) < 4.78 is 33.0. The number of hydrogen-bond acceptors (Lipinski definition) is 6. The summed E-state index contributed by atoms with van der Waals surface area (Å²) in [6, 6.07) is 11.1. The predicted octanol–water partition coefficient (Wildman–Crippen LogP) is 3.71. The Hall–Kier alpha value is -2.91. The summed E-state index contributed by atoms with van der Waals surface area (Å²) in [6.07, 6.45) is 0.415. The van der Waals surface area contributed by atoms with Gasteiger partial charge in [0.15, 0.2) is 5.82 Å². The Morgan fingerprint density at radius 2 is 1.93 bits per heavy atom. The molecule has 0 aliphatic heterocycles. The number of hydrogen-bond donors (Lipinski definition) is 2. The predicted molar refractivity (Wildman–Crippen MR) is 109 cm³/mol. The lowest BCUT2D eigenvalue weighted by Crippen LogP contribution is -2.16. The molecule has 3 aromatic rings. The maximum atomic E-state index is 12.8. The SMILES string of the molecule is Cc1noc(CCC(=O)Nc2ccc(C)c(S(=O)(=O)Nc3cccc(Cl)c3)c2)n1. The first-order chi connectivity index (χ1) is 13.7. The van der Waals surface area contributed by atoms with Crippen molar-refractivity contribution < 1.29 is 17.7 Å². The van der Waals surface area contributed by atoms with Crippen LogP contribution in [0, 0.1) is 13.8 Å². The zero-order valence-corrected chi connectivity index (χ0v) is 17.3. The van der Waals surface area contributed by atoms with Crippen molar-refractivity contribution >= 4 is 38.9 Å². The Morgan fingerprint density at radius 3 is 2.62 bits per heavy atom. The molecule has 0 radical (unpaired) electrons. The average Bonchev–Trinajstić information content (AvgIpc) is 3.06. The Balaban J connectivity index is 1.72. The highest BCUT2D eigenvalue weighted by Gasteiger charge is 2.18. The van der Waals surface area contributed by atoms with Crippen LogP contribution < -0.4 is 10.0 Å². The molecule has 0 spiro atoms. The number of amides is 1. The molecule has 0 bridgehead atoms.